The number of rotatable bonds is 4. The number of nitrogens with one attached hydrogen (secondary N) is 1. The van der Waals surface area contributed by atoms with Crippen molar-refractivity contribution < 1.29 is 12.4 Å². The molecule has 0 spiro atoms. The van der Waals surface area contributed by atoms with Crippen LogP contribution in [0.15, 0.2) is 97.3 Å². The molecule has 0 aliphatic heterocycles. The second-order valence-corrected chi connectivity index (χ2v) is 9.40. The van der Waals surface area contributed by atoms with E-state index in [1.807, 2.05) is 12.4 Å². The van der Waals surface area contributed by atoms with Gasteiger partial charge in [-0.25, -0.2) is 4.98 Å². The average molecular weight is 379 g/mol. The van der Waals surface area contributed by atoms with Crippen LogP contribution in [-0.4, -0.2) is 9.97 Å². The summed E-state index contributed by atoms with van der Waals surface area (Å²) in [5.74, 6) is 0. The second kappa shape index (κ2) is 7.86. The number of imidazole rings is 1. The quantitative estimate of drug-likeness (QED) is 0.510. The molecule has 0 aliphatic carbocycles. The van der Waals surface area contributed by atoms with E-state index in [1.54, 1.807) is 0 Å². The van der Waals surface area contributed by atoms with Crippen molar-refractivity contribution in [1.82, 2.24) is 9.97 Å². The first kappa shape index (κ1) is 18.4. The maximum atomic E-state index is 4.73. The van der Waals surface area contributed by atoms with E-state index in [1.165, 1.54) is 21.5 Å². The van der Waals surface area contributed by atoms with E-state index in [4.69, 9.17) is 4.98 Å². The molecule has 0 fully saturated rings. The Bertz CT molecular complexity index is 897. The monoisotopic (exact) mass is 378 g/mol. The zero-order valence-electron chi connectivity index (χ0n) is 14.5. The number of H-pyrrole nitrogens is 1. The minimum absolute atomic E-state index is 0. The van der Waals surface area contributed by atoms with Crippen molar-refractivity contribution in [2.45, 2.75) is 6.92 Å². The number of hydrogen-bond acceptors (Lipinski definition) is 1. The molecule has 0 saturated carbocycles. The third-order valence-electron chi connectivity index (χ3n) is 4.51. The highest BCUT2D eigenvalue weighted by Crippen LogP contribution is 2.53. The number of aromatic amines is 1. The Labute approximate surface area is 161 Å². The molecule has 0 radical (unpaired) electrons. The second-order valence-electron chi connectivity index (χ2n) is 6.09. The van der Waals surface area contributed by atoms with Crippen molar-refractivity contribution >= 4 is 28.7 Å². The maximum absolute atomic E-state index is 4.73. The van der Waals surface area contributed by atoms with Crippen LogP contribution in [0, 0.1) is 6.92 Å². The Hall–Kier alpha value is -2.41. The van der Waals surface area contributed by atoms with E-state index in [0.29, 0.717) is 0 Å². The molecule has 0 amide bonds. The molecule has 4 rings (SSSR count). The van der Waals surface area contributed by atoms with Crippen LogP contribution in [0.4, 0.5) is 0 Å². The van der Waals surface area contributed by atoms with Crippen molar-refractivity contribution in [2.24, 2.45) is 0 Å². The molecule has 130 valence electrons. The lowest BCUT2D eigenvalue weighted by Gasteiger charge is -2.24. The zero-order chi connectivity index (χ0) is 17.1. The van der Waals surface area contributed by atoms with Gasteiger partial charge in [0.2, 0.25) is 0 Å². The summed E-state index contributed by atoms with van der Waals surface area (Å²) in [6.07, 6.45) is 3.77. The Balaban J connectivity index is 0.00000196. The minimum Gasteiger partial charge on any atom is -1.00 e. The van der Waals surface area contributed by atoms with Crippen molar-refractivity contribution in [2.75, 3.05) is 0 Å². The standard InChI is InChI=1S/C22H20N2P.ClH/c1-18-12-14-21(15-13-18)25(22-23-16-17-24-22,19-8-4-2-5-9-19)20-10-6-3-7-11-20;/h2-17H,1H3,(H,23,24);1H/q+1;/p-1. The van der Waals surface area contributed by atoms with Gasteiger partial charge < -0.3 is 17.4 Å². The predicted molar refractivity (Wildman–Crippen MR) is 108 cm³/mol. The fourth-order valence-electron chi connectivity index (χ4n) is 3.33. The van der Waals surface area contributed by atoms with Gasteiger partial charge in [-0.3, -0.25) is 0 Å². The van der Waals surface area contributed by atoms with Gasteiger partial charge in [-0.15, -0.1) is 0 Å². The van der Waals surface area contributed by atoms with Gasteiger partial charge in [0.05, 0.1) is 0 Å². The number of hydrogen-bond donors (Lipinski definition) is 1. The highest BCUT2D eigenvalue weighted by atomic mass is 35.5. The summed E-state index contributed by atoms with van der Waals surface area (Å²) in [6.45, 7) is 2.13. The lowest BCUT2D eigenvalue weighted by Crippen LogP contribution is -3.00. The van der Waals surface area contributed by atoms with Crippen molar-refractivity contribution in [3.8, 4) is 0 Å². The first-order chi connectivity index (χ1) is 12.3. The maximum Gasteiger partial charge on any atom is 0.270 e. The van der Waals surface area contributed by atoms with Crippen molar-refractivity contribution in [3.05, 3.63) is 103 Å². The Morgan fingerprint density at radius 1 is 0.692 bits per heavy atom. The van der Waals surface area contributed by atoms with E-state index in [9.17, 15) is 0 Å². The highest BCUT2D eigenvalue weighted by molar-refractivity contribution is 8.01. The molecular weight excluding hydrogens is 359 g/mol. The Morgan fingerprint density at radius 3 is 1.65 bits per heavy atom. The molecule has 0 atom stereocenters. The van der Waals surface area contributed by atoms with Crippen molar-refractivity contribution in [3.63, 3.8) is 0 Å². The fraction of sp³-hybridized carbons (Fsp3) is 0.0455. The van der Waals surface area contributed by atoms with E-state index >= 15 is 0 Å². The highest BCUT2D eigenvalue weighted by Gasteiger charge is 2.50. The van der Waals surface area contributed by atoms with E-state index in [2.05, 4.69) is 96.8 Å². The van der Waals surface area contributed by atoms with Crippen LogP contribution < -0.4 is 33.9 Å². The minimum atomic E-state index is -2.04. The number of aromatic nitrogens is 2. The lowest BCUT2D eigenvalue weighted by atomic mass is 10.2. The molecular formula is C22H20ClN2P. The average Bonchev–Trinajstić information content (AvgIpc) is 3.21. The van der Waals surface area contributed by atoms with Crippen LogP contribution in [0.1, 0.15) is 5.56 Å². The summed E-state index contributed by atoms with van der Waals surface area (Å²) >= 11 is 0. The largest absolute Gasteiger partial charge is 1.00 e. The number of nitrogens with zero attached hydrogens (tertiary/aromatic N) is 1. The van der Waals surface area contributed by atoms with Gasteiger partial charge in [0.1, 0.15) is 15.9 Å². The third kappa shape index (κ3) is 3.07. The topological polar surface area (TPSA) is 28.7 Å². The predicted octanol–water partition coefficient (Wildman–Crippen LogP) is 0.342. The number of aryl methyl sites for hydroxylation is 1. The molecule has 0 unspecified atom stereocenters. The molecule has 0 aliphatic rings. The summed E-state index contributed by atoms with van der Waals surface area (Å²) in [4.78, 5) is 8.16. The Morgan fingerprint density at radius 2 is 1.19 bits per heavy atom. The molecule has 4 aromatic rings. The van der Waals surface area contributed by atoms with Gasteiger partial charge in [-0.2, -0.15) is 0 Å². The van der Waals surface area contributed by atoms with Crippen LogP contribution >= 0.6 is 7.26 Å². The van der Waals surface area contributed by atoms with E-state index in [0.717, 1.165) is 5.57 Å². The van der Waals surface area contributed by atoms with Crippen LogP contribution in [0.5, 0.6) is 0 Å². The molecule has 1 heterocycles. The number of benzene rings is 3. The summed E-state index contributed by atoms with van der Waals surface area (Å²) in [6, 6.07) is 30.4. The number of halogens is 1. The lowest BCUT2D eigenvalue weighted by molar-refractivity contribution is -0.00000500. The zero-order valence-corrected chi connectivity index (χ0v) is 16.2. The van der Waals surface area contributed by atoms with Gasteiger partial charge in [0.15, 0.2) is 7.26 Å². The van der Waals surface area contributed by atoms with Gasteiger partial charge in [0, 0.05) is 12.4 Å². The molecule has 0 bridgehead atoms. The summed E-state index contributed by atoms with van der Waals surface area (Å²) < 4.78 is 0. The molecule has 1 aromatic heterocycles. The van der Waals surface area contributed by atoms with E-state index in [-0.39, 0.29) is 12.4 Å². The van der Waals surface area contributed by atoms with Crippen LogP contribution in [0.2, 0.25) is 0 Å². The van der Waals surface area contributed by atoms with Crippen LogP contribution in [-0.2, 0) is 0 Å². The molecule has 2 nitrogen and oxygen atoms in total. The van der Waals surface area contributed by atoms with Crippen LogP contribution in [0.3, 0.4) is 0 Å². The Kier molecular flexibility index (Phi) is 5.56. The first-order valence-electron chi connectivity index (χ1n) is 8.39. The third-order valence-corrected chi connectivity index (χ3v) is 8.61. The van der Waals surface area contributed by atoms with Crippen molar-refractivity contribution in [1.29, 1.82) is 0 Å². The smallest absolute Gasteiger partial charge is 0.270 e. The first-order valence-corrected chi connectivity index (χ1v) is 10.2. The van der Waals surface area contributed by atoms with Gasteiger partial charge in [0.25, 0.3) is 5.57 Å². The van der Waals surface area contributed by atoms with E-state index < -0.39 is 7.26 Å². The van der Waals surface area contributed by atoms with Gasteiger partial charge in [-0.05, 0) is 43.3 Å². The molecule has 3 aromatic carbocycles. The molecule has 4 heteroatoms. The van der Waals surface area contributed by atoms with Gasteiger partial charge in [-0.1, -0.05) is 54.1 Å². The summed E-state index contributed by atoms with van der Waals surface area (Å²) in [5.41, 5.74) is 2.30. The fourth-order valence-corrected chi connectivity index (χ4v) is 7.30. The van der Waals surface area contributed by atoms with Gasteiger partial charge >= 0.3 is 0 Å². The molecule has 1 N–H and O–H groups in total. The SMILES string of the molecule is Cc1ccc([P+](c2ccccc2)(c2ccccc2)c2ncc[nH]2)cc1.[Cl-]. The van der Waals surface area contributed by atoms with Crippen LogP contribution in [0.25, 0.3) is 0 Å². The molecule has 0 saturated heterocycles. The molecule has 26 heavy (non-hydrogen) atoms. The summed E-state index contributed by atoms with van der Waals surface area (Å²) in [5, 5.41) is 3.92. The normalized spacial score (nSPS) is 11.0. The summed E-state index contributed by atoms with van der Waals surface area (Å²) in [7, 11) is -2.04.